The van der Waals surface area contributed by atoms with Gasteiger partial charge in [-0.15, -0.1) is 11.3 Å². The lowest BCUT2D eigenvalue weighted by atomic mass is 10.3. The number of anilines is 1. The average Bonchev–Trinajstić information content (AvgIpc) is 2.64. The number of nitrogens with one attached hydrogen (secondary N) is 1. The van der Waals surface area contributed by atoms with Crippen LogP contribution in [0.1, 0.15) is 9.67 Å². The van der Waals surface area contributed by atoms with Crippen molar-refractivity contribution in [2.45, 2.75) is 0 Å². The van der Waals surface area contributed by atoms with E-state index in [1.165, 1.54) is 17.4 Å². The molecule has 1 N–H and O–H groups in total. The van der Waals surface area contributed by atoms with Crippen molar-refractivity contribution in [1.82, 2.24) is 0 Å². The number of thiophene rings is 1. The van der Waals surface area contributed by atoms with Crippen LogP contribution in [0.2, 0.25) is 0 Å². The van der Waals surface area contributed by atoms with E-state index in [1.54, 1.807) is 6.07 Å². The topological polar surface area (TPSA) is 29.1 Å². The molecule has 0 saturated carbocycles. The van der Waals surface area contributed by atoms with Gasteiger partial charge in [-0.05, 0) is 50.1 Å². The fourth-order valence-corrected chi connectivity index (χ4v) is 3.18. The largest absolute Gasteiger partial charge is 0.316 e. The molecule has 0 aliphatic heterocycles. The van der Waals surface area contributed by atoms with E-state index in [4.69, 9.17) is 0 Å². The van der Waals surface area contributed by atoms with Gasteiger partial charge >= 0.3 is 0 Å². The Morgan fingerprint density at radius 1 is 1.22 bits per heavy atom. The molecule has 7 heteroatoms. The number of halogens is 4. The van der Waals surface area contributed by atoms with Crippen molar-refractivity contribution in [3.8, 4) is 0 Å². The van der Waals surface area contributed by atoms with Gasteiger partial charge in [-0.1, -0.05) is 6.07 Å². The van der Waals surface area contributed by atoms with Crippen LogP contribution in [0.25, 0.3) is 0 Å². The SMILES string of the molecule is O=C(Nc1c(F)cccc1F)c1cc(Br)c(Br)s1. The molecule has 0 aliphatic rings. The summed E-state index contributed by atoms with van der Waals surface area (Å²) >= 11 is 7.64. The first-order valence-electron chi connectivity index (χ1n) is 4.69. The summed E-state index contributed by atoms with van der Waals surface area (Å²) in [5.41, 5.74) is -0.442. The molecule has 18 heavy (non-hydrogen) atoms. The van der Waals surface area contributed by atoms with Crippen LogP contribution in [0.3, 0.4) is 0 Å². The van der Waals surface area contributed by atoms with Crippen molar-refractivity contribution in [2.24, 2.45) is 0 Å². The minimum absolute atomic E-state index is 0.344. The molecule has 0 unspecified atom stereocenters. The van der Waals surface area contributed by atoms with Gasteiger partial charge in [0, 0.05) is 4.47 Å². The Hall–Kier alpha value is -0.790. The Kier molecular flexibility index (Phi) is 4.14. The third-order valence-electron chi connectivity index (χ3n) is 2.07. The molecule has 1 aromatic carbocycles. The maximum Gasteiger partial charge on any atom is 0.265 e. The Bertz CT molecular complexity index is 575. The molecule has 1 heterocycles. The van der Waals surface area contributed by atoms with E-state index < -0.39 is 23.2 Å². The minimum Gasteiger partial charge on any atom is -0.316 e. The second kappa shape index (κ2) is 5.46. The van der Waals surface area contributed by atoms with Crippen LogP contribution >= 0.6 is 43.2 Å². The summed E-state index contributed by atoms with van der Waals surface area (Å²) in [6, 6.07) is 4.97. The lowest BCUT2D eigenvalue weighted by molar-refractivity contribution is 0.102. The Labute approximate surface area is 122 Å². The number of rotatable bonds is 2. The van der Waals surface area contributed by atoms with Gasteiger partial charge in [0.15, 0.2) is 0 Å². The molecule has 0 fully saturated rings. The van der Waals surface area contributed by atoms with Crippen LogP contribution in [0, 0.1) is 11.6 Å². The van der Waals surface area contributed by atoms with E-state index in [0.717, 1.165) is 15.9 Å². The zero-order chi connectivity index (χ0) is 13.3. The summed E-state index contributed by atoms with van der Waals surface area (Å²) in [6.45, 7) is 0. The van der Waals surface area contributed by atoms with Crippen molar-refractivity contribution in [2.75, 3.05) is 5.32 Å². The molecular formula is C11H5Br2F2NOS. The Balaban J connectivity index is 2.27. The lowest BCUT2D eigenvalue weighted by Gasteiger charge is -2.05. The molecule has 1 amide bonds. The van der Waals surface area contributed by atoms with Crippen molar-refractivity contribution in [1.29, 1.82) is 0 Å². The third kappa shape index (κ3) is 2.78. The van der Waals surface area contributed by atoms with Crippen molar-refractivity contribution in [3.63, 3.8) is 0 Å². The Morgan fingerprint density at radius 3 is 2.33 bits per heavy atom. The monoisotopic (exact) mass is 395 g/mol. The van der Waals surface area contributed by atoms with Gasteiger partial charge in [0.25, 0.3) is 5.91 Å². The van der Waals surface area contributed by atoms with Gasteiger partial charge in [0.1, 0.15) is 17.3 Å². The van der Waals surface area contributed by atoms with Crippen LogP contribution in [-0.2, 0) is 0 Å². The van der Waals surface area contributed by atoms with E-state index >= 15 is 0 Å². The molecule has 94 valence electrons. The number of amides is 1. The molecular weight excluding hydrogens is 392 g/mol. The predicted molar refractivity (Wildman–Crippen MR) is 74.0 cm³/mol. The number of carbonyl (C=O) groups excluding carboxylic acids is 1. The summed E-state index contributed by atoms with van der Waals surface area (Å²) < 4.78 is 28.1. The average molecular weight is 397 g/mol. The molecule has 0 atom stereocenters. The van der Waals surface area contributed by atoms with E-state index in [9.17, 15) is 13.6 Å². The number of hydrogen-bond acceptors (Lipinski definition) is 2. The van der Waals surface area contributed by atoms with E-state index in [1.807, 2.05) is 0 Å². The second-order valence-corrected chi connectivity index (χ2v) is 6.51. The number of carbonyl (C=O) groups is 1. The van der Waals surface area contributed by atoms with Crippen LogP contribution < -0.4 is 5.32 Å². The first-order valence-corrected chi connectivity index (χ1v) is 7.09. The fraction of sp³-hybridized carbons (Fsp3) is 0. The molecule has 2 rings (SSSR count). The zero-order valence-electron chi connectivity index (χ0n) is 8.64. The van der Waals surface area contributed by atoms with Gasteiger partial charge in [-0.25, -0.2) is 8.78 Å². The molecule has 1 aromatic heterocycles. The molecule has 0 aliphatic carbocycles. The van der Waals surface area contributed by atoms with Crippen LogP contribution in [0.4, 0.5) is 14.5 Å². The normalized spacial score (nSPS) is 10.4. The number of hydrogen-bond donors (Lipinski definition) is 1. The number of para-hydroxylation sites is 1. The van der Waals surface area contributed by atoms with Gasteiger partial charge in [0.05, 0.1) is 8.66 Å². The molecule has 2 nitrogen and oxygen atoms in total. The van der Waals surface area contributed by atoms with Crippen molar-refractivity contribution < 1.29 is 13.6 Å². The maximum absolute atomic E-state index is 13.3. The molecule has 2 aromatic rings. The summed E-state index contributed by atoms with van der Waals surface area (Å²) in [6.07, 6.45) is 0. The summed E-state index contributed by atoms with van der Waals surface area (Å²) in [4.78, 5) is 12.2. The highest BCUT2D eigenvalue weighted by atomic mass is 79.9. The van der Waals surface area contributed by atoms with Crippen molar-refractivity contribution >= 4 is 54.8 Å². The van der Waals surface area contributed by atoms with Crippen LogP contribution in [-0.4, -0.2) is 5.91 Å². The molecule has 0 saturated heterocycles. The predicted octanol–water partition coefficient (Wildman–Crippen LogP) is 4.80. The van der Waals surface area contributed by atoms with Gasteiger partial charge < -0.3 is 5.32 Å². The second-order valence-electron chi connectivity index (χ2n) is 3.28. The number of benzene rings is 1. The molecule has 0 bridgehead atoms. The van der Waals surface area contributed by atoms with Crippen LogP contribution in [0.5, 0.6) is 0 Å². The first-order chi connectivity index (χ1) is 8.49. The third-order valence-corrected chi connectivity index (χ3v) is 5.33. The summed E-state index contributed by atoms with van der Waals surface area (Å²) in [5, 5.41) is 2.22. The first kappa shape index (κ1) is 13.6. The van der Waals surface area contributed by atoms with E-state index in [0.29, 0.717) is 9.35 Å². The smallest absolute Gasteiger partial charge is 0.265 e. The van der Waals surface area contributed by atoms with E-state index in [-0.39, 0.29) is 0 Å². The highest BCUT2D eigenvalue weighted by Crippen LogP contribution is 2.33. The Morgan fingerprint density at radius 2 is 1.83 bits per heavy atom. The highest BCUT2D eigenvalue weighted by Gasteiger charge is 2.16. The fourth-order valence-electron chi connectivity index (χ4n) is 1.25. The van der Waals surface area contributed by atoms with Gasteiger partial charge in [-0.3, -0.25) is 4.79 Å². The standard InChI is InChI=1S/C11H5Br2F2NOS/c12-5-4-8(18-10(5)13)11(17)16-9-6(14)2-1-3-7(9)15/h1-4H,(H,16,17). The van der Waals surface area contributed by atoms with Gasteiger partial charge in [-0.2, -0.15) is 0 Å². The minimum atomic E-state index is -0.807. The maximum atomic E-state index is 13.3. The summed E-state index contributed by atoms with van der Waals surface area (Å²) in [7, 11) is 0. The van der Waals surface area contributed by atoms with E-state index in [2.05, 4.69) is 37.2 Å². The molecule has 0 spiro atoms. The van der Waals surface area contributed by atoms with Gasteiger partial charge in [0.2, 0.25) is 0 Å². The molecule has 0 radical (unpaired) electrons. The quantitative estimate of drug-likeness (QED) is 0.775. The highest BCUT2D eigenvalue weighted by molar-refractivity contribution is 9.13. The lowest BCUT2D eigenvalue weighted by Crippen LogP contribution is -2.12. The zero-order valence-corrected chi connectivity index (χ0v) is 12.6. The summed E-state index contributed by atoms with van der Waals surface area (Å²) in [5.74, 6) is -2.17. The van der Waals surface area contributed by atoms with Crippen molar-refractivity contribution in [3.05, 3.63) is 49.0 Å². The van der Waals surface area contributed by atoms with Crippen LogP contribution in [0.15, 0.2) is 32.5 Å².